The second-order valence-electron chi connectivity index (χ2n) is 3.19. The molecule has 0 unspecified atom stereocenters. The summed E-state index contributed by atoms with van der Waals surface area (Å²) >= 11 is 3.30. The van der Waals surface area contributed by atoms with Crippen LogP contribution in [0.25, 0.3) is 0 Å². The predicted octanol–water partition coefficient (Wildman–Crippen LogP) is 2.18. The summed E-state index contributed by atoms with van der Waals surface area (Å²) in [4.78, 5) is 11.8. The lowest BCUT2D eigenvalue weighted by atomic mass is 10.2. The minimum Gasteiger partial charge on any atom is -0.382 e. The lowest BCUT2D eigenvalue weighted by Crippen LogP contribution is -2.08. The van der Waals surface area contributed by atoms with Gasteiger partial charge in [-0.3, -0.25) is 9.48 Å². The number of ether oxygens (including phenoxy) is 1. The second kappa shape index (κ2) is 6.02. The average molecular weight is 275 g/mol. The molecule has 84 valence electrons. The Morgan fingerprint density at radius 2 is 2.40 bits per heavy atom. The van der Waals surface area contributed by atoms with Crippen molar-refractivity contribution in [3.05, 3.63) is 16.4 Å². The average Bonchev–Trinajstić information content (AvgIpc) is 2.53. The highest BCUT2D eigenvalue weighted by molar-refractivity contribution is 9.10. The molecule has 1 rings (SSSR count). The first-order valence-electron chi connectivity index (χ1n) is 4.95. The molecule has 0 saturated carbocycles. The maximum atomic E-state index is 11.8. The van der Waals surface area contributed by atoms with Crippen LogP contribution in [0.5, 0.6) is 0 Å². The fourth-order valence-electron chi connectivity index (χ4n) is 1.32. The Balaban J connectivity index is 2.47. The zero-order chi connectivity index (χ0) is 11.3. The molecular weight excluding hydrogens is 260 g/mol. The van der Waals surface area contributed by atoms with Gasteiger partial charge in [0.1, 0.15) is 5.69 Å². The van der Waals surface area contributed by atoms with Crippen molar-refractivity contribution < 1.29 is 9.53 Å². The maximum Gasteiger partial charge on any atom is 0.182 e. The molecule has 4 nitrogen and oxygen atoms in total. The van der Waals surface area contributed by atoms with Crippen LogP contribution < -0.4 is 0 Å². The van der Waals surface area contributed by atoms with Crippen molar-refractivity contribution in [1.82, 2.24) is 9.78 Å². The summed E-state index contributed by atoms with van der Waals surface area (Å²) < 4.78 is 7.52. The number of aromatic nitrogens is 2. The first-order valence-corrected chi connectivity index (χ1v) is 5.74. The van der Waals surface area contributed by atoms with Crippen LogP contribution >= 0.6 is 15.9 Å². The number of ketones is 1. The smallest absolute Gasteiger partial charge is 0.182 e. The largest absolute Gasteiger partial charge is 0.382 e. The van der Waals surface area contributed by atoms with Crippen LogP contribution in [0.15, 0.2) is 10.7 Å². The number of aryl methyl sites for hydroxylation is 1. The van der Waals surface area contributed by atoms with Crippen LogP contribution in [-0.2, 0) is 11.8 Å². The molecule has 15 heavy (non-hydrogen) atoms. The van der Waals surface area contributed by atoms with E-state index in [1.807, 2.05) is 6.92 Å². The molecule has 0 bridgehead atoms. The first-order chi connectivity index (χ1) is 7.16. The fraction of sp³-hybridized carbons (Fsp3) is 0.600. The topological polar surface area (TPSA) is 44.1 Å². The van der Waals surface area contributed by atoms with Gasteiger partial charge in [0.15, 0.2) is 5.78 Å². The van der Waals surface area contributed by atoms with Crippen molar-refractivity contribution in [2.45, 2.75) is 19.8 Å². The van der Waals surface area contributed by atoms with Gasteiger partial charge >= 0.3 is 0 Å². The van der Waals surface area contributed by atoms with Crippen molar-refractivity contribution in [2.24, 2.45) is 7.05 Å². The van der Waals surface area contributed by atoms with Crippen molar-refractivity contribution in [3.63, 3.8) is 0 Å². The Morgan fingerprint density at radius 1 is 1.67 bits per heavy atom. The number of Topliss-reactive ketones (excluding diaryl/α,β-unsaturated/α-hetero) is 1. The Labute approximate surface area is 97.7 Å². The van der Waals surface area contributed by atoms with Crippen molar-refractivity contribution >= 4 is 21.7 Å². The number of halogens is 1. The highest BCUT2D eigenvalue weighted by atomic mass is 79.9. The van der Waals surface area contributed by atoms with Crippen LogP contribution in [0.2, 0.25) is 0 Å². The minimum atomic E-state index is 0.0987. The molecule has 0 aromatic carbocycles. The Bertz CT molecular complexity index is 317. The molecule has 0 radical (unpaired) electrons. The van der Waals surface area contributed by atoms with Gasteiger partial charge < -0.3 is 4.74 Å². The Morgan fingerprint density at radius 3 is 2.93 bits per heavy atom. The number of rotatable bonds is 6. The van der Waals surface area contributed by atoms with Crippen molar-refractivity contribution in [2.75, 3.05) is 13.2 Å². The summed E-state index contributed by atoms with van der Waals surface area (Å²) in [6.45, 7) is 3.28. The van der Waals surface area contributed by atoms with Crippen LogP contribution in [0.1, 0.15) is 30.3 Å². The summed E-state index contributed by atoms with van der Waals surface area (Å²) in [5.74, 6) is 0.0987. The van der Waals surface area contributed by atoms with E-state index >= 15 is 0 Å². The van der Waals surface area contributed by atoms with Gasteiger partial charge in [0, 0.05) is 26.7 Å². The van der Waals surface area contributed by atoms with E-state index in [0.29, 0.717) is 25.3 Å². The molecule has 0 amide bonds. The number of hydrogen-bond donors (Lipinski definition) is 0. The molecule has 0 atom stereocenters. The van der Waals surface area contributed by atoms with E-state index in [1.165, 1.54) is 0 Å². The molecule has 0 aliphatic rings. The summed E-state index contributed by atoms with van der Waals surface area (Å²) in [6, 6.07) is 0. The molecule has 1 aromatic heterocycles. The van der Waals surface area contributed by atoms with Crippen LogP contribution in [-0.4, -0.2) is 28.8 Å². The molecule has 0 saturated heterocycles. The molecule has 5 heteroatoms. The van der Waals surface area contributed by atoms with E-state index in [-0.39, 0.29) is 5.78 Å². The fourth-order valence-corrected chi connectivity index (χ4v) is 1.89. The summed E-state index contributed by atoms with van der Waals surface area (Å²) in [5, 5.41) is 4.00. The van der Waals surface area contributed by atoms with Gasteiger partial charge in [-0.1, -0.05) is 0 Å². The van der Waals surface area contributed by atoms with Crippen LogP contribution in [0, 0.1) is 0 Å². The molecule has 0 aliphatic carbocycles. The zero-order valence-corrected chi connectivity index (χ0v) is 10.6. The monoisotopic (exact) mass is 274 g/mol. The number of carbonyl (C=O) groups is 1. The molecule has 0 fully saturated rings. The zero-order valence-electron chi connectivity index (χ0n) is 8.99. The van der Waals surface area contributed by atoms with Gasteiger partial charge in [0.05, 0.1) is 10.7 Å². The van der Waals surface area contributed by atoms with Gasteiger partial charge in [-0.05, 0) is 29.3 Å². The van der Waals surface area contributed by atoms with E-state index in [1.54, 1.807) is 17.9 Å². The second-order valence-corrected chi connectivity index (χ2v) is 4.04. The van der Waals surface area contributed by atoms with E-state index in [4.69, 9.17) is 4.74 Å². The van der Waals surface area contributed by atoms with E-state index in [9.17, 15) is 4.79 Å². The van der Waals surface area contributed by atoms with E-state index in [2.05, 4.69) is 21.0 Å². The van der Waals surface area contributed by atoms with E-state index < -0.39 is 0 Å². The highest BCUT2D eigenvalue weighted by Gasteiger charge is 2.14. The molecule has 1 heterocycles. The van der Waals surface area contributed by atoms with Gasteiger partial charge in [0.2, 0.25) is 0 Å². The normalized spacial score (nSPS) is 10.6. The molecular formula is C10H15BrN2O2. The number of carbonyl (C=O) groups excluding carboxylic acids is 1. The first kappa shape index (κ1) is 12.4. The van der Waals surface area contributed by atoms with Crippen molar-refractivity contribution in [1.29, 1.82) is 0 Å². The lowest BCUT2D eigenvalue weighted by molar-refractivity contribution is 0.0937. The molecule has 0 N–H and O–H groups in total. The Kier molecular flexibility index (Phi) is 4.98. The lowest BCUT2D eigenvalue weighted by Gasteiger charge is -2.02. The van der Waals surface area contributed by atoms with Gasteiger partial charge in [0.25, 0.3) is 0 Å². The Hall–Kier alpha value is -0.680. The van der Waals surface area contributed by atoms with Gasteiger partial charge in [-0.25, -0.2) is 0 Å². The van der Waals surface area contributed by atoms with Gasteiger partial charge in [-0.15, -0.1) is 0 Å². The summed E-state index contributed by atoms with van der Waals surface area (Å²) in [6.07, 6.45) is 2.89. The molecule has 0 aliphatic heterocycles. The van der Waals surface area contributed by atoms with Crippen LogP contribution in [0.3, 0.4) is 0 Å². The molecule has 0 spiro atoms. The third-order valence-corrected chi connectivity index (χ3v) is 2.64. The minimum absolute atomic E-state index is 0.0987. The molecule has 1 aromatic rings. The SMILES string of the molecule is CCOCCCC(=O)c1c(Br)cnn1C. The number of hydrogen-bond acceptors (Lipinski definition) is 3. The van der Waals surface area contributed by atoms with E-state index in [0.717, 1.165) is 10.9 Å². The third kappa shape index (κ3) is 3.43. The van der Waals surface area contributed by atoms with Gasteiger partial charge in [-0.2, -0.15) is 5.10 Å². The van der Waals surface area contributed by atoms with Crippen LogP contribution in [0.4, 0.5) is 0 Å². The van der Waals surface area contributed by atoms with Crippen molar-refractivity contribution in [3.8, 4) is 0 Å². The maximum absolute atomic E-state index is 11.8. The number of nitrogens with zero attached hydrogens (tertiary/aromatic N) is 2. The predicted molar refractivity (Wildman–Crippen MR) is 61.0 cm³/mol. The standard InChI is InChI=1S/C10H15BrN2O2/c1-3-15-6-4-5-9(14)10-8(11)7-12-13(10)2/h7H,3-6H2,1-2H3. The highest BCUT2D eigenvalue weighted by Crippen LogP contribution is 2.17. The quantitative estimate of drug-likeness (QED) is 0.590. The summed E-state index contributed by atoms with van der Waals surface area (Å²) in [7, 11) is 1.76. The third-order valence-electron chi connectivity index (χ3n) is 2.05. The summed E-state index contributed by atoms with van der Waals surface area (Å²) in [5.41, 5.74) is 0.631.